The van der Waals surface area contributed by atoms with Crippen molar-refractivity contribution in [3.05, 3.63) is 70.1 Å². The predicted molar refractivity (Wildman–Crippen MR) is 148 cm³/mol. The lowest BCUT2D eigenvalue weighted by atomic mass is 9.95. The maximum Gasteiger partial charge on any atom is 0.341 e. The van der Waals surface area contributed by atoms with Gasteiger partial charge in [-0.05, 0) is 67.6 Å². The van der Waals surface area contributed by atoms with Crippen molar-refractivity contribution in [3.8, 4) is 11.4 Å². The SMILES string of the molecule is COC(=O)c1c(NC(=O)c2c(N)n(-c3ccc(OC)cc3)c3nc4ccccc4nc23)sc2c1CCCC2. The summed E-state index contributed by atoms with van der Waals surface area (Å²) in [5, 5.41) is 3.43. The second kappa shape index (κ2) is 9.46. The number of amides is 1. The summed E-state index contributed by atoms with van der Waals surface area (Å²) >= 11 is 1.42. The number of methoxy groups -OCH3 is 2. The Labute approximate surface area is 222 Å². The van der Waals surface area contributed by atoms with E-state index in [0.717, 1.165) is 36.1 Å². The van der Waals surface area contributed by atoms with Crippen molar-refractivity contribution in [3.63, 3.8) is 0 Å². The van der Waals surface area contributed by atoms with Crippen LogP contribution in [0.4, 0.5) is 10.8 Å². The van der Waals surface area contributed by atoms with Crippen LogP contribution in [0.1, 0.15) is 44.0 Å². The van der Waals surface area contributed by atoms with Crippen molar-refractivity contribution in [1.82, 2.24) is 14.5 Å². The van der Waals surface area contributed by atoms with E-state index in [2.05, 4.69) is 5.32 Å². The van der Waals surface area contributed by atoms with Crippen LogP contribution in [0.5, 0.6) is 5.75 Å². The fourth-order valence-electron chi connectivity index (χ4n) is 5.02. The van der Waals surface area contributed by atoms with E-state index in [-0.39, 0.29) is 11.4 Å². The lowest BCUT2D eigenvalue weighted by Gasteiger charge is -2.12. The topological polar surface area (TPSA) is 121 Å². The first-order valence-electron chi connectivity index (χ1n) is 12.3. The number of aromatic nitrogens is 3. The highest BCUT2D eigenvalue weighted by Crippen LogP contribution is 2.40. The number of nitrogens with two attached hydrogens (primary N) is 1. The third-order valence-electron chi connectivity index (χ3n) is 6.84. The summed E-state index contributed by atoms with van der Waals surface area (Å²) in [6.07, 6.45) is 3.69. The molecule has 6 rings (SSSR count). The van der Waals surface area contributed by atoms with Crippen LogP contribution < -0.4 is 15.8 Å². The number of benzene rings is 2. The number of thiophene rings is 1. The molecule has 0 fully saturated rings. The number of para-hydroxylation sites is 2. The molecule has 0 saturated heterocycles. The Kier molecular flexibility index (Phi) is 5.96. The summed E-state index contributed by atoms with van der Waals surface area (Å²) in [5.74, 6) is -0.0404. The number of nitrogens with zero attached hydrogens (tertiary/aromatic N) is 3. The Morgan fingerprint density at radius 1 is 0.974 bits per heavy atom. The fourth-order valence-corrected chi connectivity index (χ4v) is 6.29. The summed E-state index contributed by atoms with van der Waals surface area (Å²) in [6, 6.07) is 14.8. The summed E-state index contributed by atoms with van der Waals surface area (Å²) in [6.45, 7) is 0. The molecular weight excluding hydrogens is 502 g/mol. The molecular formula is C28H25N5O4S. The minimum absolute atomic E-state index is 0.191. The highest BCUT2D eigenvalue weighted by molar-refractivity contribution is 7.17. The van der Waals surface area contributed by atoms with Crippen molar-refractivity contribution >= 4 is 56.2 Å². The molecule has 3 heterocycles. The first kappa shape index (κ1) is 23.9. The van der Waals surface area contributed by atoms with Crippen LogP contribution in [0.25, 0.3) is 27.9 Å². The molecule has 2 aromatic carbocycles. The van der Waals surface area contributed by atoms with E-state index in [0.29, 0.717) is 44.2 Å². The van der Waals surface area contributed by atoms with Gasteiger partial charge in [0.2, 0.25) is 0 Å². The second-order valence-electron chi connectivity index (χ2n) is 9.04. The summed E-state index contributed by atoms with van der Waals surface area (Å²) < 4.78 is 12.1. The number of nitrogen functional groups attached to an aromatic ring is 1. The molecule has 0 aliphatic heterocycles. The van der Waals surface area contributed by atoms with E-state index in [1.807, 2.05) is 48.5 Å². The van der Waals surface area contributed by atoms with Gasteiger partial charge in [0.1, 0.15) is 27.6 Å². The first-order valence-corrected chi connectivity index (χ1v) is 13.1. The number of ether oxygens (including phenoxy) is 2. The Bertz CT molecular complexity index is 1720. The molecule has 38 heavy (non-hydrogen) atoms. The number of anilines is 2. The van der Waals surface area contributed by atoms with E-state index in [9.17, 15) is 9.59 Å². The fraction of sp³-hybridized carbons (Fsp3) is 0.214. The molecule has 192 valence electrons. The van der Waals surface area contributed by atoms with Crippen LogP contribution >= 0.6 is 11.3 Å². The van der Waals surface area contributed by atoms with Crippen LogP contribution in [0, 0.1) is 0 Å². The molecule has 0 radical (unpaired) electrons. The number of esters is 1. The van der Waals surface area contributed by atoms with E-state index in [1.165, 1.54) is 18.4 Å². The first-order chi connectivity index (χ1) is 18.5. The average molecular weight is 528 g/mol. The van der Waals surface area contributed by atoms with Gasteiger partial charge >= 0.3 is 5.97 Å². The number of carbonyl (C=O) groups is 2. The minimum Gasteiger partial charge on any atom is -0.497 e. The average Bonchev–Trinajstić information content (AvgIpc) is 3.44. The molecule has 10 heteroatoms. The van der Waals surface area contributed by atoms with Gasteiger partial charge in [-0.15, -0.1) is 11.3 Å². The molecule has 1 aliphatic rings. The quantitative estimate of drug-likeness (QED) is 0.303. The molecule has 1 amide bonds. The number of aryl methyl sites for hydroxylation is 1. The van der Waals surface area contributed by atoms with Gasteiger partial charge in [0.05, 0.1) is 30.8 Å². The third kappa shape index (κ3) is 3.84. The Morgan fingerprint density at radius 3 is 2.39 bits per heavy atom. The van der Waals surface area contributed by atoms with Crippen molar-refractivity contribution in [2.24, 2.45) is 0 Å². The van der Waals surface area contributed by atoms with Gasteiger partial charge in [0.25, 0.3) is 5.91 Å². The molecule has 0 saturated carbocycles. The van der Waals surface area contributed by atoms with Crippen LogP contribution in [0.3, 0.4) is 0 Å². The van der Waals surface area contributed by atoms with Gasteiger partial charge < -0.3 is 20.5 Å². The van der Waals surface area contributed by atoms with Gasteiger partial charge in [-0.25, -0.2) is 14.8 Å². The lowest BCUT2D eigenvalue weighted by molar-refractivity contribution is 0.0601. The molecule has 0 atom stereocenters. The van der Waals surface area contributed by atoms with E-state index >= 15 is 0 Å². The van der Waals surface area contributed by atoms with Crippen molar-refractivity contribution in [1.29, 1.82) is 0 Å². The van der Waals surface area contributed by atoms with Gasteiger partial charge in [-0.1, -0.05) is 12.1 Å². The van der Waals surface area contributed by atoms with Crippen molar-refractivity contribution < 1.29 is 19.1 Å². The van der Waals surface area contributed by atoms with Crippen molar-refractivity contribution in [2.45, 2.75) is 25.7 Å². The Balaban J connectivity index is 1.52. The second-order valence-corrected chi connectivity index (χ2v) is 10.1. The van der Waals surface area contributed by atoms with Crippen LogP contribution in [0.15, 0.2) is 48.5 Å². The molecule has 5 aromatic rings. The van der Waals surface area contributed by atoms with Gasteiger partial charge in [-0.2, -0.15) is 0 Å². The zero-order valence-electron chi connectivity index (χ0n) is 20.9. The van der Waals surface area contributed by atoms with Gasteiger partial charge in [0.15, 0.2) is 5.65 Å². The van der Waals surface area contributed by atoms with Crippen molar-refractivity contribution in [2.75, 3.05) is 25.3 Å². The molecule has 9 nitrogen and oxygen atoms in total. The number of nitrogens with one attached hydrogen (secondary N) is 1. The number of hydrogen-bond acceptors (Lipinski definition) is 8. The maximum absolute atomic E-state index is 13.9. The third-order valence-corrected chi connectivity index (χ3v) is 8.05. The molecule has 3 aromatic heterocycles. The number of rotatable bonds is 5. The zero-order chi connectivity index (χ0) is 26.4. The molecule has 0 unspecified atom stereocenters. The van der Waals surface area contributed by atoms with Crippen LogP contribution in [-0.2, 0) is 17.6 Å². The highest BCUT2D eigenvalue weighted by atomic mass is 32.1. The summed E-state index contributed by atoms with van der Waals surface area (Å²) in [4.78, 5) is 37.3. The molecule has 1 aliphatic carbocycles. The Hall–Kier alpha value is -4.44. The summed E-state index contributed by atoms with van der Waals surface area (Å²) in [5.41, 5.74) is 11.1. The number of fused-ring (bicyclic) bond motifs is 3. The zero-order valence-corrected chi connectivity index (χ0v) is 21.7. The molecule has 0 spiro atoms. The number of hydrogen-bond donors (Lipinski definition) is 2. The highest BCUT2D eigenvalue weighted by Gasteiger charge is 2.30. The van der Waals surface area contributed by atoms with Crippen LogP contribution in [0.2, 0.25) is 0 Å². The standard InChI is InChI=1S/C28H25N5O4S/c1-36-16-13-11-15(12-14-16)33-24(29)22(23-25(33)31-19-9-5-4-8-18(19)30-23)26(34)32-27-21(28(35)37-2)17-7-3-6-10-20(17)38-27/h4-5,8-9,11-14H,3,6-7,10,29H2,1-2H3,(H,32,34). The number of carbonyl (C=O) groups excluding carboxylic acids is 2. The minimum atomic E-state index is -0.465. The normalized spacial score (nSPS) is 12.9. The monoisotopic (exact) mass is 527 g/mol. The maximum atomic E-state index is 13.9. The van der Waals surface area contributed by atoms with Gasteiger partial charge in [-0.3, -0.25) is 9.36 Å². The van der Waals surface area contributed by atoms with E-state index < -0.39 is 11.9 Å². The Morgan fingerprint density at radius 2 is 1.68 bits per heavy atom. The largest absolute Gasteiger partial charge is 0.497 e. The van der Waals surface area contributed by atoms with E-state index in [4.69, 9.17) is 25.2 Å². The summed E-state index contributed by atoms with van der Waals surface area (Å²) in [7, 11) is 2.95. The van der Waals surface area contributed by atoms with Gasteiger partial charge in [0, 0.05) is 10.6 Å². The molecule has 3 N–H and O–H groups in total. The van der Waals surface area contributed by atoms with Crippen LogP contribution in [-0.4, -0.2) is 40.6 Å². The smallest absolute Gasteiger partial charge is 0.341 e. The molecule has 0 bridgehead atoms. The van der Waals surface area contributed by atoms with E-state index in [1.54, 1.807) is 11.7 Å². The predicted octanol–water partition coefficient (Wildman–Crippen LogP) is 5.14. The lowest BCUT2D eigenvalue weighted by Crippen LogP contribution is -2.16.